The number of nitrogens with zero attached hydrogens (tertiary/aromatic N) is 3. The molecule has 90 valence electrons. The first-order valence-corrected chi connectivity index (χ1v) is 5.67. The summed E-state index contributed by atoms with van der Waals surface area (Å²) in [5, 5.41) is 10.5. The Balaban J connectivity index is 1.85. The topological polar surface area (TPSA) is 68.5 Å². The van der Waals surface area contributed by atoms with Gasteiger partial charge < -0.3 is 19.8 Å². The lowest BCUT2D eigenvalue weighted by atomic mass is 10.2. The van der Waals surface area contributed by atoms with E-state index in [2.05, 4.69) is 9.88 Å². The van der Waals surface area contributed by atoms with Gasteiger partial charge in [-0.2, -0.15) is 0 Å². The van der Waals surface area contributed by atoms with E-state index < -0.39 is 4.92 Å². The number of aromatic nitrogens is 1. The average Bonchev–Trinajstić information content (AvgIpc) is 3.10. The minimum Gasteiger partial charge on any atom is -0.377 e. The summed E-state index contributed by atoms with van der Waals surface area (Å²) < 4.78 is 5.49. The average molecular weight is 235 g/mol. The molecule has 17 heavy (non-hydrogen) atoms. The van der Waals surface area contributed by atoms with Crippen LogP contribution in [0, 0.1) is 10.1 Å². The maximum Gasteiger partial charge on any atom is 0.363 e. The van der Waals surface area contributed by atoms with E-state index in [1.54, 1.807) is 12.3 Å². The van der Waals surface area contributed by atoms with Crippen LogP contribution >= 0.6 is 0 Å². The van der Waals surface area contributed by atoms with Crippen molar-refractivity contribution in [2.45, 2.75) is 18.4 Å². The molecule has 2 fully saturated rings. The highest BCUT2D eigenvalue weighted by Crippen LogP contribution is 2.45. The van der Waals surface area contributed by atoms with E-state index in [0.29, 0.717) is 6.61 Å². The number of hydrogen-bond donors (Lipinski definition) is 0. The first-order valence-electron chi connectivity index (χ1n) is 5.67. The molecule has 6 nitrogen and oxygen atoms in total. The van der Waals surface area contributed by atoms with E-state index in [-0.39, 0.29) is 11.4 Å². The monoisotopic (exact) mass is 235 g/mol. The van der Waals surface area contributed by atoms with E-state index in [4.69, 9.17) is 4.74 Å². The summed E-state index contributed by atoms with van der Waals surface area (Å²) in [7, 11) is 0. The SMILES string of the molecule is O=[N+]([O-])c1ccc(N2CCOCC23CC3)cn1. The summed E-state index contributed by atoms with van der Waals surface area (Å²) in [5.41, 5.74) is 1.09. The van der Waals surface area contributed by atoms with Crippen molar-refractivity contribution in [3.63, 3.8) is 0 Å². The zero-order chi connectivity index (χ0) is 11.9. The first kappa shape index (κ1) is 10.5. The van der Waals surface area contributed by atoms with Crippen LogP contribution in [0.15, 0.2) is 18.3 Å². The predicted octanol–water partition coefficient (Wildman–Crippen LogP) is 1.36. The molecule has 0 N–H and O–H groups in total. The second kappa shape index (κ2) is 3.66. The number of ether oxygens (including phenoxy) is 1. The molecule has 1 aromatic heterocycles. The summed E-state index contributed by atoms with van der Waals surface area (Å²) in [6.07, 6.45) is 3.84. The fraction of sp³-hybridized carbons (Fsp3) is 0.545. The highest BCUT2D eigenvalue weighted by atomic mass is 16.6. The molecule has 2 aliphatic rings. The third-order valence-electron chi connectivity index (χ3n) is 3.46. The lowest BCUT2D eigenvalue weighted by Crippen LogP contribution is -2.47. The smallest absolute Gasteiger partial charge is 0.363 e. The molecule has 0 aromatic carbocycles. The number of pyridine rings is 1. The summed E-state index contributed by atoms with van der Waals surface area (Å²) in [4.78, 5) is 16.2. The van der Waals surface area contributed by atoms with Crippen molar-refractivity contribution < 1.29 is 9.66 Å². The third-order valence-corrected chi connectivity index (χ3v) is 3.46. The van der Waals surface area contributed by atoms with Crippen LogP contribution < -0.4 is 4.90 Å². The number of rotatable bonds is 2. The normalized spacial score (nSPS) is 21.5. The molecule has 0 bridgehead atoms. The van der Waals surface area contributed by atoms with Gasteiger partial charge in [0, 0.05) is 12.6 Å². The molecular weight excluding hydrogens is 222 g/mol. The fourth-order valence-corrected chi connectivity index (χ4v) is 2.34. The van der Waals surface area contributed by atoms with E-state index in [1.807, 2.05) is 0 Å². The van der Waals surface area contributed by atoms with Gasteiger partial charge in [0.15, 0.2) is 6.20 Å². The zero-order valence-corrected chi connectivity index (χ0v) is 9.33. The Kier molecular flexibility index (Phi) is 2.25. The van der Waals surface area contributed by atoms with Gasteiger partial charge in [-0.25, -0.2) is 0 Å². The molecule has 1 saturated carbocycles. The van der Waals surface area contributed by atoms with Crippen LogP contribution in [-0.4, -0.2) is 35.2 Å². The van der Waals surface area contributed by atoms with E-state index in [9.17, 15) is 10.1 Å². The lowest BCUT2D eigenvalue weighted by Gasteiger charge is -2.37. The van der Waals surface area contributed by atoms with Gasteiger partial charge in [-0.15, -0.1) is 0 Å². The quantitative estimate of drug-likeness (QED) is 0.572. The Morgan fingerprint density at radius 1 is 1.47 bits per heavy atom. The van der Waals surface area contributed by atoms with E-state index in [1.165, 1.54) is 6.07 Å². The minimum atomic E-state index is -0.476. The highest BCUT2D eigenvalue weighted by molar-refractivity contribution is 5.51. The van der Waals surface area contributed by atoms with Crippen LogP contribution in [0.25, 0.3) is 0 Å². The lowest BCUT2D eigenvalue weighted by molar-refractivity contribution is -0.389. The van der Waals surface area contributed by atoms with Gasteiger partial charge in [-0.3, -0.25) is 0 Å². The molecular formula is C11H13N3O3. The van der Waals surface area contributed by atoms with Gasteiger partial charge in [0.1, 0.15) is 0 Å². The van der Waals surface area contributed by atoms with Crippen LogP contribution in [0.3, 0.4) is 0 Å². The zero-order valence-electron chi connectivity index (χ0n) is 9.33. The van der Waals surface area contributed by atoms with Crippen LogP contribution in [0.2, 0.25) is 0 Å². The van der Waals surface area contributed by atoms with Crippen molar-refractivity contribution >= 4 is 11.5 Å². The number of anilines is 1. The highest BCUT2D eigenvalue weighted by Gasteiger charge is 2.50. The molecule has 2 heterocycles. The van der Waals surface area contributed by atoms with Crippen molar-refractivity contribution in [3.8, 4) is 0 Å². The molecule has 0 atom stereocenters. The Hall–Kier alpha value is -1.69. The van der Waals surface area contributed by atoms with Gasteiger partial charge in [0.25, 0.3) is 0 Å². The molecule has 1 aliphatic carbocycles. The van der Waals surface area contributed by atoms with Crippen LogP contribution in [0.4, 0.5) is 11.5 Å². The first-order chi connectivity index (χ1) is 8.21. The molecule has 1 aromatic rings. The second-order valence-electron chi connectivity index (χ2n) is 4.56. The molecule has 1 spiro atoms. The number of hydrogen-bond acceptors (Lipinski definition) is 5. The summed E-state index contributed by atoms with van der Waals surface area (Å²) in [5.74, 6) is -0.105. The fourth-order valence-electron chi connectivity index (χ4n) is 2.34. The van der Waals surface area contributed by atoms with Gasteiger partial charge in [-0.1, -0.05) is 0 Å². The molecule has 3 rings (SSSR count). The molecule has 0 amide bonds. The second-order valence-corrected chi connectivity index (χ2v) is 4.56. The molecule has 1 aliphatic heterocycles. The number of nitro groups is 1. The number of morpholine rings is 1. The molecule has 0 radical (unpaired) electrons. The summed E-state index contributed by atoms with van der Waals surface area (Å²) >= 11 is 0. The minimum absolute atomic E-state index is 0.105. The van der Waals surface area contributed by atoms with E-state index >= 15 is 0 Å². The standard InChI is InChI=1S/C11H13N3O3/c15-14(16)10-2-1-9(7-12-10)13-5-6-17-8-11(13)3-4-11/h1-2,7H,3-6,8H2. The Morgan fingerprint density at radius 3 is 2.88 bits per heavy atom. The maximum absolute atomic E-state index is 10.5. The Labute approximate surface area is 98.4 Å². The molecule has 6 heteroatoms. The van der Waals surface area contributed by atoms with Crippen molar-refractivity contribution in [1.29, 1.82) is 0 Å². The van der Waals surface area contributed by atoms with Gasteiger partial charge in [-0.05, 0) is 28.8 Å². The van der Waals surface area contributed by atoms with Crippen LogP contribution in [0.1, 0.15) is 12.8 Å². The molecule has 0 unspecified atom stereocenters. The van der Waals surface area contributed by atoms with Crippen LogP contribution in [-0.2, 0) is 4.74 Å². The third kappa shape index (κ3) is 1.74. The summed E-state index contributed by atoms with van der Waals surface area (Å²) in [6, 6.07) is 3.23. The Morgan fingerprint density at radius 2 is 2.29 bits per heavy atom. The Bertz CT molecular complexity index is 442. The molecule has 1 saturated heterocycles. The predicted molar refractivity (Wildman–Crippen MR) is 61.0 cm³/mol. The van der Waals surface area contributed by atoms with Crippen molar-refractivity contribution in [2.24, 2.45) is 0 Å². The van der Waals surface area contributed by atoms with Crippen molar-refractivity contribution in [1.82, 2.24) is 4.98 Å². The van der Waals surface area contributed by atoms with Gasteiger partial charge in [0.05, 0.1) is 24.4 Å². The van der Waals surface area contributed by atoms with Crippen LogP contribution in [0.5, 0.6) is 0 Å². The van der Waals surface area contributed by atoms with Gasteiger partial charge >= 0.3 is 5.82 Å². The van der Waals surface area contributed by atoms with E-state index in [0.717, 1.165) is 31.7 Å². The van der Waals surface area contributed by atoms with Crippen molar-refractivity contribution in [2.75, 3.05) is 24.7 Å². The maximum atomic E-state index is 10.5. The largest absolute Gasteiger partial charge is 0.377 e. The van der Waals surface area contributed by atoms with Gasteiger partial charge in [0.2, 0.25) is 0 Å². The van der Waals surface area contributed by atoms with Crippen molar-refractivity contribution in [3.05, 3.63) is 28.4 Å². The summed E-state index contributed by atoms with van der Waals surface area (Å²) in [6.45, 7) is 2.29.